The van der Waals surface area contributed by atoms with Crippen LogP contribution in [0.1, 0.15) is 45.4 Å². The van der Waals surface area contributed by atoms with E-state index >= 15 is 0 Å². The van der Waals surface area contributed by atoms with Gasteiger partial charge in [0.05, 0.1) is 0 Å². The Bertz CT molecular complexity index is 121. The van der Waals surface area contributed by atoms with E-state index in [0.717, 1.165) is 25.3 Å². The zero-order valence-electron chi connectivity index (χ0n) is 8.76. The quantitative estimate of drug-likeness (QED) is 0.620. The van der Waals surface area contributed by atoms with Gasteiger partial charge < -0.3 is 10.4 Å². The summed E-state index contributed by atoms with van der Waals surface area (Å²) >= 11 is 0. The molecule has 1 rings (SSSR count). The molecular formula is C11H23NO. The molecule has 1 aliphatic carbocycles. The second-order valence-corrected chi connectivity index (χ2v) is 4.22. The van der Waals surface area contributed by atoms with Crippen LogP contribution in [0.4, 0.5) is 0 Å². The smallest absolute Gasteiger partial charge is 0.0431 e. The monoisotopic (exact) mass is 185 g/mol. The molecule has 0 amide bonds. The first kappa shape index (κ1) is 11.0. The van der Waals surface area contributed by atoms with Crippen molar-refractivity contribution >= 4 is 0 Å². The van der Waals surface area contributed by atoms with E-state index in [4.69, 9.17) is 5.11 Å². The predicted octanol–water partition coefficient (Wildman–Crippen LogP) is 1.93. The molecule has 1 saturated carbocycles. The SMILES string of the molecule is CC(NCCCCO)C1CCCC1. The topological polar surface area (TPSA) is 32.3 Å². The average Bonchev–Trinajstić information content (AvgIpc) is 2.65. The minimum atomic E-state index is 0.333. The molecule has 0 aliphatic heterocycles. The molecular weight excluding hydrogens is 162 g/mol. The maximum absolute atomic E-state index is 8.62. The second kappa shape index (κ2) is 6.39. The Morgan fingerprint density at radius 2 is 2.00 bits per heavy atom. The van der Waals surface area contributed by atoms with Crippen molar-refractivity contribution in [2.45, 2.75) is 51.5 Å². The van der Waals surface area contributed by atoms with E-state index in [9.17, 15) is 0 Å². The molecule has 0 aromatic heterocycles. The predicted molar refractivity (Wildman–Crippen MR) is 55.7 cm³/mol. The lowest BCUT2D eigenvalue weighted by Crippen LogP contribution is -2.32. The van der Waals surface area contributed by atoms with Gasteiger partial charge >= 0.3 is 0 Å². The summed E-state index contributed by atoms with van der Waals surface area (Å²) in [6.07, 6.45) is 7.71. The molecule has 2 heteroatoms. The maximum atomic E-state index is 8.62. The summed E-state index contributed by atoms with van der Waals surface area (Å²) in [6, 6.07) is 0.682. The fourth-order valence-electron chi connectivity index (χ4n) is 2.19. The minimum Gasteiger partial charge on any atom is -0.396 e. The molecule has 1 atom stereocenters. The molecule has 13 heavy (non-hydrogen) atoms. The van der Waals surface area contributed by atoms with Gasteiger partial charge in [-0.1, -0.05) is 12.8 Å². The molecule has 0 radical (unpaired) electrons. The third-order valence-electron chi connectivity index (χ3n) is 3.16. The van der Waals surface area contributed by atoms with Crippen LogP contribution in [0, 0.1) is 5.92 Å². The molecule has 78 valence electrons. The van der Waals surface area contributed by atoms with Gasteiger partial charge in [0.15, 0.2) is 0 Å². The molecule has 1 aliphatic rings. The Labute approximate surface area is 81.7 Å². The highest BCUT2D eigenvalue weighted by atomic mass is 16.2. The van der Waals surface area contributed by atoms with E-state index in [1.54, 1.807) is 0 Å². The van der Waals surface area contributed by atoms with Crippen LogP contribution in [0.2, 0.25) is 0 Å². The number of hydrogen-bond acceptors (Lipinski definition) is 2. The van der Waals surface area contributed by atoms with E-state index in [1.807, 2.05) is 0 Å². The maximum Gasteiger partial charge on any atom is 0.0431 e. The normalized spacial score (nSPS) is 20.8. The highest BCUT2D eigenvalue weighted by molar-refractivity contribution is 4.76. The Morgan fingerprint density at radius 3 is 2.62 bits per heavy atom. The van der Waals surface area contributed by atoms with Gasteiger partial charge in [-0.15, -0.1) is 0 Å². The number of unbranched alkanes of at least 4 members (excludes halogenated alkanes) is 1. The summed E-state index contributed by atoms with van der Waals surface area (Å²) in [5.41, 5.74) is 0. The summed E-state index contributed by atoms with van der Waals surface area (Å²) in [4.78, 5) is 0. The van der Waals surface area contributed by atoms with Crippen LogP contribution in [-0.2, 0) is 0 Å². The standard InChI is InChI=1S/C11H23NO/c1-10(11-6-2-3-7-11)12-8-4-5-9-13/h10-13H,2-9H2,1H3. The zero-order chi connectivity index (χ0) is 9.52. The van der Waals surface area contributed by atoms with Crippen LogP contribution in [0.3, 0.4) is 0 Å². The number of aliphatic hydroxyl groups is 1. The molecule has 0 saturated heterocycles. The highest BCUT2D eigenvalue weighted by Gasteiger charge is 2.20. The molecule has 0 heterocycles. The molecule has 0 aromatic carbocycles. The van der Waals surface area contributed by atoms with Gasteiger partial charge in [-0.25, -0.2) is 0 Å². The first-order valence-electron chi connectivity index (χ1n) is 5.69. The zero-order valence-corrected chi connectivity index (χ0v) is 8.76. The summed E-state index contributed by atoms with van der Waals surface area (Å²) in [5, 5.41) is 12.2. The number of aliphatic hydroxyl groups excluding tert-OH is 1. The summed E-state index contributed by atoms with van der Waals surface area (Å²) in [6.45, 7) is 3.70. The Hall–Kier alpha value is -0.0800. The van der Waals surface area contributed by atoms with E-state index in [-0.39, 0.29) is 0 Å². The molecule has 0 bridgehead atoms. The van der Waals surface area contributed by atoms with Crippen molar-refractivity contribution in [3.05, 3.63) is 0 Å². The van der Waals surface area contributed by atoms with Gasteiger partial charge in [0, 0.05) is 12.6 Å². The van der Waals surface area contributed by atoms with Crippen molar-refractivity contribution in [1.29, 1.82) is 0 Å². The van der Waals surface area contributed by atoms with Crippen molar-refractivity contribution in [3.8, 4) is 0 Å². The van der Waals surface area contributed by atoms with Gasteiger partial charge in [0.25, 0.3) is 0 Å². The molecule has 2 N–H and O–H groups in total. The molecule has 0 spiro atoms. The summed E-state index contributed by atoms with van der Waals surface area (Å²) < 4.78 is 0. The Balaban J connectivity index is 1.99. The fourth-order valence-corrected chi connectivity index (χ4v) is 2.19. The summed E-state index contributed by atoms with van der Waals surface area (Å²) in [5.74, 6) is 0.911. The minimum absolute atomic E-state index is 0.333. The molecule has 2 nitrogen and oxygen atoms in total. The van der Waals surface area contributed by atoms with Crippen LogP contribution >= 0.6 is 0 Å². The van der Waals surface area contributed by atoms with Crippen molar-refractivity contribution < 1.29 is 5.11 Å². The van der Waals surface area contributed by atoms with Crippen molar-refractivity contribution in [2.75, 3.05) is 13.2 Å². The van der Waals surface area contributed by atoms with Crippen molar-refractivity contribution in [3.63, 3.8) is 0 Å². The van der Waals surface area contributed by atoms with Gasteiger partial charge in [-0.2, -0.15) is 0 Å². The molecule has 0 aromatic rings. The number of rotatable bonds is 6. The molecule has 1 fully saturated rings. The van der Waals surface area contributed by atoms with Crippen molar-refractivity contribution in [2.24, 2.45) is 5.92 Å². The Kier molecular flexibility index (Phi) is 5.40. The first-order valence-corrected chi connectivity index (χ1v) is 5.69. The largest absolute Gasteiger partial charge is 0.396 e. The van der Waals surface area contributed by atoms with Gasteiger partial charge in [0.2, 0.25) is 0 Å². The number of nitrogens with one attached hydrogen (secondary N) is 1. The average molecular weight is 185 g/mol. The lowest BCUT2D eigenvalue weighted by atomic mass is 10.00. The van der Waals surface area contributed by atoms with Crippen LogP contribution in [0.15, 0.2) is 0 Å². The highest BCUT2D eigenvalue weighted by Crippen LogP contribution is 2.27. The van der Waals surface area contributed by atoms with Gasteiger partial charge in [0.1, 0.15) is 0 Å². The fraction of sp³-hybridized carbons (Fsp3) is 1.00. The van der Waals surface area contributed by atoms with Crippen LogP contribution < -0.4 is 5.32 Å². The van der Waals surface area contributed by atoms with E-state index in [0.29, 0.717) is 12.6 Å². The third kappa shape index (κ3) is 4.10. The van der Waals surface area contributed by atoms with Gasteiger partial charge in [-0.3, -0.25) is 0 Å². The lowest BCUT2D eigenvalue weighted by Gasteiger charge is -2.20. The van der Waals surface area contributed by atoms with Gasteiger partial charge in [-0.05, 0) is 45.1 Å². The van der Waals surface area contributed by atoms with Crippen LogP contribution in [0.25, 0.3) is 0 Å². The van der Waals surface area contributed by atoms with Crippen LogP contribution in [-0.4, -0.2) is 24.3 Å². The van der Waals surface area contributed by atoms with Crippen LogP contribution in [0.5, 0.6) is 0 Å². The Morgan fingerprint density at radius 1 is 1.31 bits per heavy atom. The second-order valence-electron chi connectivity index (χ2n) is 4.22. The van der Waals surface area contributed by atoms with E-state index in [1.165, 1.54) is 25.7 Å². The third-order valence-corrected chi connectivity index (χ3v) is 3.16. The van der Waals surface area contributed by atoms with E-state index < -0.39 is 0 Å². The number of hydrogen-bond donors (Lipinski definition) is 2. The van der Waals surface area contributed by atoms with Crippen molar-refractivity contribution in [1.82, 2.24) is 5.32 Å². The lowest BCUT2D eigenvalue weighted by molar-refractivity contribution is 0.280. The summed E-state index contributed by atoms with van der Waals surface area (Å²) in [7, 11) is 0. The van der Waals surface area contributed by atoms with E-state index in [2.05, 4.69) is 12.2 Å². The molecule has 1 unspecified atom stereocenters. The first-order chi connectivity index (χ1) is 6.34.